The molecule has 3 rings (SSSR count). The van der Waals surface area contributed by atoms with Gasteiger partial charge in [0.15, 0.2) is 5.69 Å². The lowest BCUT2D eigenvalue weighted by Crippen LogP contribution is -2.36. The quantitative estimate of drug-likeness (QED) is 0.845. The smallest absolute Gasteiger partial charge is 0.272 e. The molecule has 2 aromatic rings. The van der Waals surface area contributed by atoms with Crippen LogP contribution in [0.15, 0.2) is 30.3 Å². The maximum Gasteiger partial charge on any atom is 0.272 e. The first-order chi connectivity index (χ1) is 12.2. The molecule has 132 valence electrons. The molecule has 1 aromatic carbocycles. The molecule has 25 heavy (non-hydrogen) atoms. The van der Waals surface area contributed by atoms with Gasteiger partial charge in [-0.1, -0.05) is 37.3 Å². The Morgan fingerprint density at radius 3 is 2.84 bits per heavy atom. The Morgan fingerprint density at radius 2 is 2.08 bits per heavy atom. The number of nitrogens with zero attached hydrogens (tertiary/aromatic N) is 2. The highest BCUT2D eigenvalue weighted by atomic mass is 16.2. The number of H-pyrrole nitrogens is 1. The maximum atomic E-state index is 12.5. The fraction of sp³-hybridized carbons (Fsp3) is 0.421. The van der Waals surface area contributed by atoms with Crippen molar-refractivity contribution >= 4 is 11.8 Å². The van der Waals surface area contributed by atoms with E-state index >= 15 is 0 Å². The van der Waals surface area contributed by atoms with E-state index in [4.69, 9.17) is 0 Å². The summed E-state index contributed by atoms with van der Waals surface area (Å²) < 4.78 is 0. The van der Waals surface area contributed by atoms with Crippen LogP contribution in [-0.2, 0) is 24.2 Å². The van der Waals surface area contributed by atoms with Crippen molar-refractivity contribution in [3.63, 3.8) is 0 Å². The summed E-state index contributed by atoms with van der Waals surface area (Å²) in [4.78, 5) is 26.4. The average Bonchev–Trinajstić information content (AvgIpc) is 3.06. The summed E-state index contributed by atoms with van der Waals surface area (Å²) in [5.74, 6) is -0.0389. The van der Waals surface area contributed by atoms with E-state index in [1.54, 1.807) is 0 Å². The lowest BCUT2D eigenvalue weighted by molar-refractivity contribution is -0.132. The van der Waals surface area contributed by atoms with Gasteiger partial charge in [0.1, 0.15) is 0 Å². The van der Waals surface area contributed by atoms with Gasteiger partial charge in [-0.2, -0.15) is 5.10 Å². The highest BCUT2D eigenvalue weighted by Crippen LogP contribution is 2.21. The van der Waals surface area contributed by atoms with Crippen molar-refractivity contribution < 1.29 is 9.59 Å². The minimum Gasteiger partial charge on any atom is -0.350 e. The first-order valence-electron chi connectivity index (χ1n) is 8.85. The molecule has 1 aromatic heterocycles. The number of carbonyl (C=O) groups is 2. The van der Waals surface area contributed by atoms with Gasteiger partial charge in [0.2, 0.25) is 5.91 Å². The van der Waals surface area contributed by atoms with Crippen LogP contribution in [-0.4, -0.2) is 40.0 Å². The van der Waals surface area contributed by atoms with E-state index in [-0.39, 0.29) is 11.8 Å². The van der Waals surface area contributed by atoms with Crippen LogP contribution in [0.3, 0.4) is 0 Å². The molecule has 0 bridgehead atoms. The molecule has 0 atom stereocenters. The molecule has 0 saturated carbocycles. The van der Waals surface area contributed by atoms with Gasteiger partial charge in [-0.3, -0.25) is 14.7 Å². The van der Waals surface area contributed by atoms with Gasteiger partial charge in [-0.25, -0.2) is 0 Å². The van der Waals surface area contributed by atoms with Gasteiger partial charge in [0.05, 0.1) is 0 Å². The fourth-order valence-corrected chi connectivity index (χ4v) is 3.12. The Labute approximate surface area is 147 Å². The van der Waals surface area contributed by atoms with Gasteiger partial charge < -0.3 is 10.2 Å². The number of benzene rings is 1. The molecular weight excluding hydrogens is 316 g/mol. The molecule has 0 aliphatic carbocycles. The zero-order chi connectivity index (χ0) is 17.6. The van der Waals surface area contributed by atoms with E-state index in [1.165, 1.54) is 5.56 Å². The van der Waals surface area contributed by atoms with E-state index in [2.05, 4.69) is 15.5 Å². The summed E-state index contributed by atoms with van der Waals surface area (Å²) in [6.45, 7) is 3.70. The normalized spacial score (nSPS) is 13.4. The van der Waals surface area contributed by atoms with E-state index < -0.39 is 0 Å². The first kappa shape index (κ1) is 17.2. The monoisotopic (exact) mass is 340 g/mol. The molecule has 6 nitrogen and oxygen atoms in total. The van der Waals surface area contributed by atoms with Gasteiger partial charge in [-0.15, -0.1) is 0 Å². The van der Waals surface area contributed by atoms with Crippen LogP contribution in [0.5, 0.6) is 0 Å². The zero-order valence-electron chi connectivity index (χ0n) is 14.5. The lowest BCUT2D eigenvalue weighted by Gasteiger charge is -2.27. The van der Waals surface area contributed by atoms with Crippen LogP contribution >= 0.6 is 0 Å². The average molecular weight is 340 g/mol. The van der Waals surface area contributed by atoms with Crippen molar-refractivity contribution in [1.29, 1.82) is 0 Å². The van der Waals surface area contributed by atoms with Gasteiger partial charge in [0, 0.05) is 43.7 Å². The van der Waals surface area contributed by atoms with Crippen molar-refractivity contribution in [2.24, 2.45) is 0 Å². The van der Waals surface area contributed by atoms with Crippen LogP contribution in [0.4, 0.5) is 0 Å². The third-order valence-electron chi connectivity index (χ3n) is 4.51. The molecule has 6 heteroatoms. The Hall–Kier alpha value is -2.63. The van der Waals surface area contributed by atoms with Crippen molar-refractivity contribution in [3.05, 3.63) is 52.8 Å². The molecule has 0 unspecified atom stereocenters. The summed E-state index contributed by atoms with van der Waals surface area (Å²) in [6, 6.07) is 10.0. The van der Waals surface area contributed by atoms with Crippen molar-refractivity contribution in [2.75, 3.05) is 13.1 Å². The van der Waals surface area contributed by atoms with Gasteiger partial charge in [-0.05, 0) is 18.4 Å². The first-order valence-corrected chi connectivity index (χ1v) is 8.85. The molecule has 0 spiro atoms. The third-order valence-corrected chi connectivity index (χ3v) is 4.51. The third kappa shape index (κ3) is 4.07. The molecule has 2 heterocycles. The Bertz CT molecular complexity index is 739. The predicted molar refractivity (Wildman–Crippen MR) is 95.1 cm³/mol. The van der Waals surface area contributed by atoms with E-state index in [0.717, 1.165) is 30.5 Å². The van der Waals surface area contributed by atoms with E-state index in [1.807, 2.05) is 42.2 Å². The zero-order valence-corrected chi connectivity index (χ0v) is 14.5. The number of rotatable bonds is 6. The number of amides is 2. The summed E-state index contributed by atoms with van der Waals surface area (Å²) >= 11 is 0. The molecule has 2 amide bonds. The largest absolute Gasteiger partial charge is 0.350 e. The summed E-state index contributed by atoms with van der Waals surface area (Å²) in [5.41, 5.74) is 3.42. The minimum absolute atomic E-state index is 0.143. The molecular formula is C19H24N4O2. The molecule has 0 radical (unpaired) electrons. The van der Waals surface area contributed by atoms with Crippen molar-refractivity contribution in [1.82, 2.24) is 20.4 Å². The van der Waals surface area contributed by atoms with Gasteiger partial charge in [0.25, 0.3) is 5.91 Å². The van der Waals surface area contributed by atoms with Crippen molar-refractivity contribution in [3.8, 4) is 0 Å². The maximum absolute atomic E-state index is 12.5. The van der Waals surface area contributed by atoms with Crippen LogP contribution < -0.4 is 5.32 Å². The number of hydrogen-bond donors (Lipinski definition) is 2. The number of hydrogen-bond acceptors (Lipinski definition) is 3. The van der Waals surface area contributed by atoms with Gasteiger partial charge >= 0.3 is 0 Å². The molecule has 0 fully saturated rings. The number of aromatic amines is 1. The van der Waals surface area contributed by atoms with E-state index in [0.29, 0.717) is 31.7 Å². The summed E-state index contributed by atoms with van der Waals surface area (Å²) in [5, 5.41) is 10.1. The predicted octanol–water partition coefficient (Wildman–Crippen LogP) is 2.07. The van der Waals surface area contributed by atoms with Crippen LogP contribution in [0.2, 0.25) is 0 Å². The second-order valence-electron chi connectivity index (χ2n) is 6.34. The number of carbonyl (C=O) groups excluding carboxylic acids is 2. The fourth-order valence-electron chi connectivity index (χ4n) is 3.12. The summed E-state index contributed by atoms with van der Waals surface area (Å²) in [7, 11) is 0. The van der Waals surface area contributed by atoms with Crippen LogP contribution in [0, 0.1) is 0 Å². The molecule has 1 aliphatic heterocycles. The molecule has 1 aliphatic rings. The van der Waals surface area contributed by atoms with E-state index in [9.17, 15) is 9.59 Å². The standard InChI is InChI=1S/C19H24N4O2/c1-2-6-17(24)23-12-10-16-15(13-23)18(22-21-16)19(25)20-11-9-14-7-4-3-5-8-14/h3-5,7-8H,2,6,9-13H2,1H3,(H,20,25)(H,21,22). The Morgan fingerprint density at radius 1 is 1.28 bits per heavy atom. The SMILES string of the molecule is CCCC(=O)N1CCc2[nH]nc(C(=O)NCCc3ccccc3)c2C1. The Kier molecular flexibility index (Phi) is 5.48. The topological polar surface area (TPSA) is 78.1 Å². The second kappa shape index (κ2) is 7.96. The number of fused-ring (bicyclic) bond motifs is 1. The van der Waals surface area contributed by atoms with Crippen LogP contribution in [0.1, 0.15) is 47.1 Å². The number of nitrogens with one attached hydrogen (secondary N) is 2. The molecule has 2 N–H and O–H groups in total. The highest BCUT2D eigenvalue weighted by molar-refractivity contribution is 5.94. The lowest BCUT2D eigenvalue weighted by atomic mass is 10.0. The van der Waals surface area contributed by atoms with Crippen LogP contribution in [0.25, 0.3) is 0 Å². The molecule has 0 saturated heterocycles. The minimum atomic E-state index is -0.182. The highest BCUT2D eigenvalue weighted by Gasteiger charge is 2.27. The number of aromatic nitrogens is 2. The Balaban J connectivity index is 1.61. The van der Waals surface area contributed by atoms with Crippen molar-refractivity contribution in [2.45, 2.75) is 39.2 Å². The second-order valence-corrected chi connectivity index (χ2v) is 6.34. The summed E-state index contributed by atoms with van der Waals surface area (Å²) in [6.07, 6.45) is 2.88.